The van der Waals surface area contributed by atoms with Crippen molar-refractivity contribution < 1.29 is 80.2 Å². The standard InChI is InChI=1S/C80H156O17P2/c1-8-9-10-11-12-13-14-15-16-17-18-19-20-21-26-34-42-49-56-63-79(84)96-75(67-90-77(82)61-54-47-40-33-27-22-24-30-37-44-51-58-71(2)3)69-94-98(86,87)92-65-74(81)66-93-99(88,89)95-70-76(68-91-78(83)62-55-48-41-36-29-32-39-46-53-60-73(6)7)97-80(85)64-57-50-43-35-28-23-25-31-38-45-52-59-72(4)5/h71-76,81H,8-70H2,1-7H3,(H,86,87)(H,88,89)/t74-,75-,76-/m1/s1. The first-order valence-corrected chi connectivity index (χ1v) is 44.3. The zero-order valence-electron chi connectivity index (χ0n) is 65.0. The van der Waals surface area contributed by atoms with E-state index in [1.807, 2.05) is 0 Å². The summed E-state index contributed by atoms with van der Waals surface area (Å²) < 4.78 is 68.7. The van der Waals surface area contributed by atoms with Crippen LogP contribution >= 0.6 is 15.6 Å². The number of aliphatic hydroxyl groups is 1. The highest BCUT2D eigenvalue weighted by atomic mass is 31.2. The first kappa shape index (κ1) is 97.1. The highest BCUT2D eigenvalue weighted by Gasteiger charge is 2.30. The van der Waals surface area contributed by atoms with Crippen LogP contribution in [0, 0.1) is 17.8 Å². The van der Waals surface area contributed by atoms with E-state index in [9.17, 15) is 43.2 Å². The van der Waals surface area contributed by atoms with Gasteiger partial charge < -0.3 is 33.8 Å². The van der Waals surface area contributed by atoms with Gasteiger partial charge in [0.05, 0.1) is 26.4 Å². The monoisotopic (exact) mass is 1450 g/mol. The van der Waals surface area contributed by atoms with E-state index >= 15 is 0 Å². The van der Waals surface area contributed by atoms with Gasteiger partial charge in [0, 0.05) is 25.7 Å². The first-order valence-electron chi connectivity index (χ1n) is 41.3. The van der Waals surface area contributed by atoms with Crippen LogP contribution in [0.5, 0.6) is 0 Å². The van der Waals surface area contributed by atoms with Gasteiger partial charge in [-0.1, -0.05) is 363 Å². The van der Waals surface area contributed by atoms with Crippen molar-refractivity contribution in [1.82, 2.24) is 0 Å². The van der Waals surface area contributed by atoms with E-state index in [1.54, 1.807) is 0 Å². The molecule has 0 saturated heterocycles. The molecule has 0 fully saturated rings. The molecule has 0 aromatic rings. The lowest BCUT2D eigenvalue weighted by atomic mass is 10.0. The van der Waals surface area contributed by atoms with Crippen LogP contribution in [0.3, 0.4) is 0 Å². The number of phosphoric ester groups is 2. The lowest BCUT2D eigenvalue weighted by Gasteiger charge is -2.21. The number of hydrogen-bond donors (Lipinski definition) is 3. The van der Waals surface area contributed by atoms with Crippen molar-refractivity contribution in [2.24, 2.45) is 17.8 Å². The highest BCUT2D eigenvalue weighted by molar-refractivity contribution is 7.47. The van der Waals surface area contributed by atoms with Gasteiger partial charge in [-0.3, -0.25) is 37.3 Å². The van der Waals surface area contributed by atoms with E-state index in [0.717, 1.165) is 108 Å². The van der Waals surface area contributed by atoms with E-state index in [0.29, 0.717) is 25.7 Å². The molecule has 99 heavy (non-hydrogen) atoms. The van der Waals surface area contributed by atoms with E-state index < -0.39 is 97.5 Å². The minimum absolute atomic E-state index is 0.106. The van der Waals surface area contributed by atoms with Gasteiger partial charge in [0.25, 0.3) is 0 Å². The summed E-state index contributed by atoms with van der Waals surface area (Å²) >= 11 is 0. The van der Waals surface area contributed by atoms with Gasteiger partial charge >= 0.3 is 39.5 Å². The van der Waals surface area contributed by atoms with Crippen molar-refractivity contribution in [3.8, 4) is 0 Å². The average Bonchev–Trinajstić information content (AvgIpc) is 2.00. The second-order valence-corrected chi connectivity index (χ2v) is 33.1. The summed E-state index contributed by atoms with van der Waals surface area (Å²) in [5.74, 6) is 0.168. The Balaban J connectivity index is 5.26. The van der Waals surface area contributed by atoms with E-state index in [1.165, 1.54) is 225 Å². The second-order valence-electron chi connectivity index (χ2n) is 30.2. The van der Waals surface area contributed by atoms with Crippen molar-refractivity contribution in [3.63, 3.8) is 0 Å². The summed E-state index contributed by atoms with van der Waals surface area (Å²) in [7, 11) is -9.92. The Kier molecular flexibility index (Phi) is 69.0. The molecule has 0 bridgehead atoms. The van der Waals surface area contributed by atoms with Crippen molar-refractivity contribution in [1.29, 1.82) is 0 Å². The predicted octanol–water partition coefficient (Wildman–Crippen LogP) is 23.7. The fourth-order valence-corrected chi connectivity index (χ4v) is 13.9. The summed E-state index contributed by atoms with van der Waals surface area (Å²) in [6.45, 7) is 11.9. The Morgan fingerprint density at radius 3 is 0.687 bits per heavy atom. The first-order chi connectivity index (χ1) is 47.7. The van der Waals surface area contributed by atoms with Crippen LogP contribution in [-0.4, -0.2) is 96.7 Å². The lowest BCUT2D eigenvalue weighted by molar-refractivity contribution is -0.161. The Hall–Kier alpha value is -1.94. The van der Waals surface area contributed by atoms with Crippen LogP contribution < -0.4 is 0 Å². The maximum absolute atomic E-state index is 13.1. The number of ether oxygens (including phenoxy) is 4. The molecule has 0 aliphatic carbocycles. The van der Waals surface area contributed by atoms with Crippen molar-refractivity contribution in [2.45, 2.75) is 433 Å². The van der Waals surface area contributed by atoms with E-state index in [-0.39, 0.29) is 25.7 Å². The molecule has 0 heterocycles. The molecule has 0 radical (unpaired) electrons. The van der Waals surface area contributed by atoms with Crippen LogP contribution in [-0.2, 0) is 65.4 Å². The van der Waals surface area contributed by atoms with Crippen molar-refractivity contribution in [2.75, 3.05) is 39.6 Å². The molecule has 0 spiro atoms. The van der Waals surface area contributed by atoms with Gasteiger partial charge in [-0.05, 0) is 43.4 Å². The van der Waals surface area contributed by atoms with E-state index in [2.05, 4.69) is 48.5 Å². The van der Waals surface area contributed by atoms with Crippen LogP contribution in [0.1, 0.15) is 414 Å². The summed E-state index contributed by atoms with van der Waals surface area (Å²) in [6, 6.07) is 0. The fourth-order valence-electron chi connectivity index (χ4n) is 12.3. The fraction of sp³-hybridized carbons (Fsp3) is 0.950. The topological polar surface area (TPSA) is 237 Å². The number of hydrogen-bond acceptors (Lipinski definition) is 15. The van der Waals surface area contributed by atoms with Crippen LogP contribution in [0.2, 0.25) is 0 Å². The maximum atomic E-state index is 13.1. The SMILES string of the molecule is CCCCCCCCCCCCCCCCCCCCCC(=O)O[C@H](COC(=O)CCCCCCCCCCCCCC(C)C)COP(=O)(O)OC[C@@H](O)COP(=O)(O)OC[C@@H](COC(=O)CCCCCCCCCCCC(C)C)OC(=O)CCCCCCCCCCCCCC(C)C. The molecule has 0 amide bonds. The van der Waals surface area contributed by atoms with Crippen molar-refractivity contribution in [3.05, 3.63) is 0 Å². The third-order valence-electron chi connectivity index (χ3n) is 18.6. The third-order valence-corrected chi connectivity index (χ3v) is 20.5. The smallest absolute Gasteiger partial charge is 0.462 e. The molecular weight excluding hydrogens is 1290 g/mol. The molecule has 17 nitrogen and oxygen atoms in total. The number of unbranched alkanes of at least 4 members (excludes halogenated alkanes) is 46. The minimum Gasteiger partial charge on any atom is -0.462 e. The Morgan fingerprint density at radius 2 is 0.465 bits per heavy atom. The van der Waals surface area contributed by atoms with Crippen LogP contribution in [0.4, 0.5) is 0 Å². The Labute approximate surface area is 607 Å². The number of esters is 4. The zero-order chi connectivity index (χ0) is 73.0. The number of aliphatic hydroxyl groups excluding tert-OH is 1. The van der Waals surface area contributed by atoms with Crippen LogP contribution in [0.25, 0.3) is 0 Å². The molecule has 0 aliphatic rings. The zero-order valence-corrected chi connectivity index (χ0v) is 66.8. The molecular formula is C80H156O17P2. The Bertz CT molecular complexity index is 1920. The molecule has 588 valence electrons. The van der Waals surface area contributed by atoms with Gasteiger partial charge in [-0.25, -0.2) is 9.13 Å². The van der Waals surface area contributed by atoms with Gasteiger partial charge in [0.1, 0.15) is 19.3 Å². The summed E-state index contributed by atoms with van der Waals surface area (Å²) in [5, 5.41) is 10.6. The molecule has 0 rings (SSSR count). The molecule has 0 saturated carbocycles. The second kappa shape index (κ2) is 70.4. The quantitative estimate of drug-likeness (QED) is 0.0222. The van der Waals surface area contributed by atoms with Crippen molar-refractivity contribution >= 4 is 39.5 Å². The molecule has 0 aromatic carbocycles. The number of carbonyl (C=O) groups is 4. The number of carbonyl (C=O) groups excluding carboxylic acids is 4. The largest absolute Gasteiger partial charge is 0.472 e. The third kappa shape index (κ3) is 74.1. The van der Waals surface area contributed by atoms with Gasteiger partial charge in [-0.2, -0.15) is 0 Å². The molecule has 19 heteroatoms. The molecule has 3 N–H and O–H groups in total. The normalized spacial score (nSPS) is 14.0. The average molecular weight is 1450 g/mol. The number of phosphoric acid groups is 2. The predicted molar refractivity (Wildman–Crippen MR) is 405 cm³/mol. The summed E-state index contributed by atoms with van der Waals surface area (Å²) in [4.78, 5) is 73.0. The summed E-state index contributed by atoms with van der Waals surface area (Å²) in [5.41, 5.74) is 0. The van der Waals surface area contributed by atoms with Gasteiger partial charge in [-0.15, -0.1) is 0 Å². The van der Waals surface area contributed by atoms with Crippen LogP contribution in [0.15, 0.2) is 0 Å². The molecule has 0 aliphatic heterocycles. The Morgan fingerprint density at radius 1 is 0.273 bits per heavy atom. The minimum atomic E-state index is -4.96. The maximum Gasteiger partial charge on any atom is 0.472 e. The van der Waals surface area contributed by atoms with E-state index in [4.69, 9.17) is 37.0 Å². The molecule has 0 aromatic heterocycles. The molecule has 2 unspecified atom stereocenters. The number of rotatable bonds is 78. The molecule has 5 atom stereocenters. The lowest BCUT2D eigenvalue weighted by Crippen LogP contribution is -2.30. The van der Waals surface area contributed by atoms with Gasteiger partial charge in [0.15, 0.2) is 12.2 Å². The summed E-state index contributed by atoms with van der Waals surface area (Å²) in [6.07, 6.45) is 58.3. The van der Waals surface area contributed by atoms with Gasteiger partial charge in [0.2, 0.25) is 0 Å². The highest BCUT2D eigenvalue weighted by Crippen LogP contribution is 2.45.